The fourth-order valence-corrected chi connectivity index (χ4v) is 3.24. The van der Waals surface area contributed by atoms with E-state index in [1.807, 2.05) is 0 Å². The summed E-state index contributed by atoms with van der Waals surface area (Å²) in [6.45, 7) is 7.72. The molecular weight excluding hydrogens is 220 g/mol. The first kappa shape index (κ1) is 13.6. The molecule has 1 heterocycles. The van der Waals surface area contributed by atoms with Gasteiger partial charge in [0.1, 0.15) is 0 Å². The Balaban J connectivity index is 2.00. The number of hydrogen-bond acceptors (Lipinski definition) is 1. The highest BCUT2D eigenvalue weighted by Crippen LogP contribution is 2.36. The van der Waals surface area contributed by atoms with Crippen molar-refractivity contribution in [1.29, 1.82) is 0 Å². The Morgan fingerprint density at radius 1 is 1.28 bits per heavy atom. The van der Waals surface area contributed by atoms with Crippen LogP contribution in [-0.4, -0.2) is 12.2 Å². The second kappa shape index (κ2) is 5.88. The summed E-state index contributed by atoms with van der Waals surface area (Å²) in [5, 5.41) is 0. The van der Waals surface area contributed by atoms with Crippen molar-refractivity contribution >= 4 is 0 Å². The van der Waals surface area contributed by atoms with Crippen molar-refractivity contribution in [2.24, 2.45) is 11.8 Å². The van der Waals surface area contributed by atoms with Crippen molar-refractivity contribution in [2.75, 3.05) is 6.61 Å². The molecule has 0 amide bonds. The van der Waals surface area contributed by atoms with Crippen LogP contribution in [0.3, 0.4) is 0 Å². The van der Waals surface area contributed by atoms with Crippen LogP contribution in [0.1, 0.15) is 45.6 Å². The second-order valence-electron chi connectivity index (χ2n) is 6.22. The molecule has 100 valence electrons. The van der Waals surface area contributed by atoms with Gasteiger partial charge in [0.2, 0.25) is 0 Å². The van der Waals surface area contributed by atoms with Gasteiger partial charge < -0.3 is 4.74 Å². The van der Waals surface area contributed by atoms with Crippen molar-refractivity contribution in [1.82, 2.24) is 0 Å². The molecule has 0 aromatic heterocycles. The van der Waals surface area contributed by atoms with Gasteiger partial charge in [0.25, 0.3) is 0 Å². The van der Waals surface area contributed by atoms with E-state index in [2.05, 4.69) is 51.1 Å². The van der Waals surface area contributed by atoms with E-state index in [0.717, 1.165) is 18.4 Å². The smallest absolute Gasteiger partial charge is 0.0629 e. The number of hydrogen-bond donors (Lipinski definition) is 0. The Bertz CT molecular complexity index is 355. The molecule has 0 saturated carbocycles. The molecule has 2 atom stereocenters. The highest BCUT2D eigenvalue weighted by atomic mass is 16.5. The van der Waals surface area contributed by atoms with Crippen LogP contribution in [0.4, 0.5) is 0 Å². The van der Waals surface area contributed by atoms with Gasteiger partial charge in [0.05, 0.1) is 5.60 Å². The Labute approximate surface area is 112 Å². The lowest BCUT2D eigenvalue weighted by atomic mass is 9.76. The van der Waals surface area contributed by atoms with Crippen LogP contribution >= 0.6 is 0 Å². The van der Waals surface area contributed by atoms with Crippen molar-refractivity contribution < 1.29 is 4.74 Å². The minimum atomic E-state index is 0.0764. The quantitative estimate of drug-likeness (QED) is 0.762. The van der Waals surface area contributed by atoms with Crippen molar-refractivity contribution in [2.45, 2.75) is 52.1 Å². The first-order valence-electron chi connectivity index (χ1n) is 7.28. The maximum atomic E-state index is 5.84. The summed E-state index contributed by atoms with van der Waals surface area (Å²) in [5.41, 5.74) is 1.56. The standard InChI is InChI=1S/C17H26O/c1-4-15(12-14-8-6-5-7-9-14)16-10-11-18-17(2,3)13-16/h5-9,15-16H,4,10-13H2,1-3H3. The number of benzene rings is 1. The molecule has 1 fully saturated rings. The molecule has 1 aromatic rings. The van der Waals surface area contributed by atoms with Crippen molar-refractivity contribution in [3.63, 3.8) is 0 Å². The monoisotopic (exact) mass is 246 g/mol. The Kier molecular flexibility index (Phi) is 4.45. The fourth-order valence-electron chi connectivity index (χ4n) is 3.24. The van der Waals surface area contributed by atoms with E-state index in [4.69, 9.17) is 4.74 Å². The molecule has 0 bridgehead atoms. The normalized spacial score (nSPS) is 24.7. The van der Waals surface area contributed by atoms with Gasteiger partial charge >= 0.3 is 0 Å². The van der Waals surface area contributed by atoms with Crippen molar-refractivity contribution in [3.05, 3.63) is 35.9 Å². The molecule has 1 saturated heterocycles. The molecule has 0 aliphatic carbocycles. The van der Waals surface area contributed by atoms with Crippen LogP contribution < -0.4 is 0 Å². The molecule has 0 radical (unpaired) electrons. The minimum absolute atomic E-state index is 0.0764. The fraction of sp³-hybridized carbons (Fsp3) is 0.647. The molecule has 18 heavy (non-hydrogen) atoms. The first-order chi connectivity index (χ1) is 8.61. The van der Waals surface area contributed by atoms with Gasteiger partial charge in [-0.3, -0.25) is 0 Å². The highest BCUT2D eigenvalue weighted by molar-refractivity contribution is 5.15. The summed E-state index contributed by atoms with van der Waals surface area (Å²) in [6.07, 6.45) is 4.93. The summed E-state index contributed by atoms with van der Waals surface area (Å²) in [5.74, 6) is 1.62. The van der Waals surface area contributed by atoms with E-state index in [1.165, 1.54) is 31.2 Å². The van der Waals surface area contributed by atoms with Gasteiger partial charge in [-0.2, -0.15) is 0 Å². The largest absolute Gasteiger partial charge is 0.376 e. The van der Waals surface area contributed by atoms with Gasteiger partial charge in [0.15, 0.2) is 0 Å². The molecule has 1 nitrogen and oxygen atoms in total. The molecular formula is C17H26O. The van der Waals surface area contributed by atoms with Crippen LogP contribution in [0.2, 0.25) is 0 Å². The predicted octanol–water partition coefficient (Wildman–Crippen LogP) is 4.46. The molecule has 1 aliphatic rings. The summed E-state index contributed by atoms with van der Waals surface area (Å²) in [6, 6.07) is 10.9. The summed E-state index contributed by atoms with van der Waals surface area (Å²) in [4.78, 5) is 0. The number of ether oxygens (including phenoxy) is 1. The zero-order chi connectivity index (χ0) is 13.0. The predicted molar refractivity (Wildman–Crippen MR) is 76.7 cm³/mol. The van der Waals surface area contributed by atoms with E-state index in [-0.39, 0.29) is 5.60 Å². The SMILES string of the molecule is CCC(Cc1ccccc1)C1CCOC(C)(C)C1. The van der Waals surface area contributed by atoms with Crippen molar-refractivity contribution in [3.8, 4) is 0 Å². The lowest BCUT2D eigenvalue weighted by Crippen LogP contribution is -2.37. The van der Waals surface area contributed by atoms with Crippen LogP contribution in [-0.2, 0) is 11.2 Å². The van der Waals surface area contributed by atoms with E-state index >= 15 is 0 Å². The summed E-state index contributed by atoms with van der Waals surface area (Å²) in [7, 11) is 0. The van der Waals surface area contributed by atoms with Gasteiger partial charge in [-0.1, -0.05) is 43.7 Å². The molecule has 1 heteroatoms. The van der Waals surface area contributed by atoms with Gasteiger partial charge in [-0.05, 0) is 50.5 Å². The molecule has 2 unspecified atom stereocenters. The second-order valence-corrected chi connectivity index (χ2v) is 6.22. The lowest BCUT2D eigenvalue weighted by molar-refractivity contribution is -0.0827. The summed E-state index contributed by atoms with van der Waals surface area (Å²) < 4.78 is 5.84. The topological polar surface area (TPSA) is 9.23 Å². The minimum Gasteiger partial charge on any atom is -0.376 e. The maximum absolute atomic E-state index is 5.84. The molecule has 0 N–H and O–H groups in total. The first-order valence-corrected chi connectivity index (χ1v) is 7.28. The van der Waals surface area contributed by atoms with E-state index in [1.54, 1.807) is 0 Å². The lowest BCUT2D eigenvalue weighted by Gasteiger charge is -2.39. The zero-order valence-corrected chi connectivity index (χ0v) is 12.0. The van der Waals surface area contributed by atoms with Gasteiger partial charge in [-0.25, -0.2) is 0 Å². The van der Waals surface area contributed by atoms with Gasteiger partial charge in [0, 0.05) is 6.61 Å². The average molecular weight is 246 g/mol. The third kappa shape index (κ3) is 3.58. The third-order valence-corrected chi connectivity index (χ3v) is 4.27. The molecule has 1 aliphatic heterocycles. The Hall–Kier alpha value is -0.820. The molecule has 0 spiro atoms. The van der Waals surface area contributed by atoms with Crippen LogP contribution in [0.25, 0.3) is 0 Å². The van der Waals surface area contributed by atoms with E-state index < -0.39 is 0 Å². The van der Waals surface area contributed by atoms with Crippen LogP contribution in [0.15, 0.2) is 30.3 Å². The highest BCUT2D eigenvalue weighted by Gasteiger charge is 2.32. The van der Waals surface area contributed by atoms with Crippen LogP contribution in [0.5, 0.6) is 0 Å². The summed E-state index contributed by atoms with van der Waals surface area (Å²) >= 11 is 0. The maximum Gasteiger partial charge on any atom is 0.0629 e. The average Bonchev–Trinajstić information content (AvgIpc) is 2.36. The number of rotatable bonds is 4. The van der Waals surface area contributed by atoms with E-state index in [0.29, 0.717) is 0 Å². The molecule has 1 aromatic carbocycles. The third-order valence-electron chi connectivity index (χ3n) is 4.27. The Morgan fingerprint density at radius 3 is 2.61 bits per heavy atom. The molecule has 2 rings (SSSR count). The Morgan fingerprint density at radius 2 is 2.00 bits per heavy atom. The van der Waals surface area contributed by atoms with E-state index in [9.17, 15) is 0 Å². The zero-order valence-electron chi connectivity index (χ0n) is 12.0. The van der Waals surface area contributed by atoms with Gasteiger partial charge in [-0.15, -0.1) is 0 Å². The van der Waals surface area contributed by atoms with Crippen LogP contribution in [0, 0.1) is 11.8 Å².